The fourth-order valence-corrected chi connectivity index (χ4v) is 9.48. The average molecular weight is 411 g/mol. The van der Waals surface area contributed by atoms with Crippen molar-refractivity contribution in [3.8, 4) is 0 Å². The normalized spacial score (nSPS) is 53.6. The fraction of sp³-hybridized carbons (Fsp3) is 0.846. The molecule has 0 aromatic rings. The molecule has 2 amide bonds. The van der Waals surface area contributed by atoms with Gasteiger partial charge in [-0.2, -0.15) is 0 Å². The number of fused-ring (bicyclic) bond motifs is 7. The van der Waals surface area contributed by atoms with Gasteiger partial charge in [-0.3, -0.25) is 9.59 Å². The van der Waals surface area contributed by atoms with Crippen molar-refractivity contribution < 1.29 is 9.59 Å². The van der Waals surface area contributed by atoms with E-state index in [0.29, 0.717) is 23.7 Å². The van der Waals surface area contributed by atoms with E-state index in [1.807, 2.05) is 0 Å². The first-order chi connectivity index (χ1) is 14.3. The minimum absolute atomic E-state index is 0.0783. The van der Waals surface area contributed by atoms with Crippen molar-refractivity contribution >= 4 is 11.8 Å². The highest BCUT2D eigenvalue weighted by Crippen LogP contribution is 2.65. The van der Waals surface area contributed by atoms with E-state index in [1.54, 1.807) is 6.08 Å². The maximum absolute atomic E-state index is 13.6. The van der Waals surface area contributed by atoms with Crippen LogP contribution in [-0.2, 0) is 9.59 Å². The fourth-order valence-electron chi connectivity index (χ4n) is 9.48. The third kappa shape index (κ3) is 2.57. The Morgan fingerprint density at radius 2 is 1.80 bits per heavy atom. The molecule has 30 heavy (non-hydrogen) atoms. The standard InChI is InChI=1S/C26H38N2O2/c1-24-11-9-19-17(3-6-21-25(19,2)12-10-22(29)27-21)18(24)4-5-20(24)23(30)28-26-13-7-16(15-26)8-14-26/h10,12,16-21H,3-9,11,13-15H2,1-2H3,(H,27,29)(H,28,30)/t16?,17-,18-,19+,20?,21?,24-,25+,26?/m0/s1. The van der Waals surface area contributed by atoms with Gasteiger partial charge in [-0.15, -0.1) is 0 Å². The number of carbonyl (C=O) groups excluding carboxylic acids is 2. The number of hydrogen-bond acceptors (Lipinski definition) is 2. The summed E-state index contributed by atoms with van der Waals surface area (Å²) >= 11 is 0. The maximum atomic E-state index is 13.6. The van der Waals surface area contributed by atoms with Crippen LogP contribution in [0.2, 0.25) is 0 Å². The number of rotatable bonds is 2. The Morgan fingerprint density at radius 1 is 1.00 bits per heavy atom. The summed E-state index contributed by atoms with van der Waals surface area (Å²) in [4.78, 5) is 25.5. The van der Waals surface area contributed by atoms with E-state index in [2.05, 4.69) is 30.6 Å². The molecule has 0 aromatic heterocycles. The molecule has 5 saturated carbocycles. The van der Waals surface area contributed by atoms with E-state index < -0.39 is 0 Å². The van der Waals surface area contributed by atoms with E-state index >= 15 is 0 Å². The van der Waals surface area contributed by atoms with Crippen LogP contribution in [0.5, 0.6) is 0 Å². The first kappa shape index (κ1) is 19.4. The quantitative estimate of drug-likeness (QED) is 0.711. The number of nitrogens with one attached hydrogen (secondary N) is 2. The molecule has 1 heterocycles. The maximum Gasteiger partial charge on any atom is 0.243 e. The number of hydrogen-bond donors (Lipinski definition) is 2. The van der Waals surface area contributed by atoms with Crippen molar-refractivity contribution in [2.75, 3.05) is 0 Å². The molecule has 2 bridgehead atoms. The highest BCUT2D eigenvalue weighted by atomic mass is 16.2. The van der Waals surface area contributed by atoms with Gasteiger partial charge in [0, 0.05) is 22.9 Å². The van der Waals surface area contributed by atoms with Gasteiger partial charge >= 0.3 is 0 Å². The summed E-state index contributed by atoms with van der Waals surface area (Å²) in [6.45, 7) is 4.82. The summed E-state index contributed by atoms with van der Waals surface area (Å²) in [6.07, 6.45) is 17.2. The lowest BCUT2D eigenvalue weighted by Gasteiger charge is -2.58. The monoisotopic (exact) mass is 410 g/mol. The zero-order chi connectivity index (χ0) is 20.7. The smallest absolute Gasteiger partial charge is 0.243 e. The highest BCUT2D eigenvalue weighted by Gasteiger charge is 2.61. The van der Waals surface area contributed by atoms with Crippen LogP contribution in [-0.4, -0.2) is 23.4 Å². The summed E-state index contributed by atoms with van der Waals surface area (Å²) in [5.74, 6) is 3.52. The number of amides is 2. The van der Waals surface area contributed by atoms with Crippen LogP contribution in [0, 0.1) is 40.4 Å². The second-order valence-electron chi connectivity index (χ2n) is 12.3. The van der Waals surface area contributed by atoms with Gasteiger partial charge in [-0.05, 0) is 106 Å². The van der Waals surface area contributed by atoms with Gasteiger partial charge in [0.1, 0.15) is 0 Å². The Hall–Kier alpha value is -1.32. The molecular weight excluding hydrogens is 372 g/mol. The average Bonchev–Trinajstić information content (AvgIpc) is 3.40. The third-order valence-electron chi connectivity index (χ3n) is 11.1. The molecule has 0 saturated heterocycles. The van der Waals surface area contributed by atoms with Crippen molar-refractivity contribution in [1.29, 1.82) is 0 Å². The van der Waals surface area contributed by atoms with E-state index in [4.69, 9.17) is 0 Å². The first-order valence-electron chi connectivity index (χ1n) is 12.6. The van der Waals surface area contributed by atoms with E-state index in [-0.39, 0.29) is 34.2 Å². The second-order valence-corrected chi connectivity index (χ2v) is 12.3. The van der Waals surface area contributed by atoms with Gasteiger partial charge in [0.2, 0.25) is 11.8 Å². The molecule has 4 nitrogen and oxygen atoms in total. The molecule has 5 fully saturated rings. The Bertz CT molecular complexity index is 797. The Labute approximate surface area is 181 Å². The van der Waals surface area contributed by atoms with Gasteiger partial charge in [-0.25, -0.2) is 0 Å². The lowest BCUT2D eigenvalue weighted by Crippen LogP contribution is -2.60. The predicted molar refractivity (Wildman–Crippen MR) is 116 cm³/mol. The largest absolute Gasteiger partial charge is 0.350 e. The van der Waals surface area contributed by atoms with Crippen LogP contribution in [0.4, 0.5) is 0 Å². The Kier molecular flexibility index (Phi) is 4.10. The SMILES string of the molecule is C[C@]12C=CC(=O)NC1CC[C@@H]1[C@H]2CC[C@]2(C)C(C(=O)NC34CCC(CC3)C4)CC[C@@H]12. The summed E-state index contributed by atoms with van der Waals surface area (Å²) < 4.78 is 0. The summed E-state index contributed by atoms with van der Waals surface area (Å²) in [5.41, 5.74) is 0.382. The van der Waals surface area contributed by atoms with Crippen LogP contribution in [0.25, 0.3) is 0 Å². The summed E-state index contributed by atoms with van der Waals surface area (Å²) in [5, 5.41) is 6.87. The molecule has 164 valence electrons. The molecule has 7 atom stereocenters. The molecular formula is C26H38N2O2. The summed E-state index contributed by atoms with van der Waals surface area (Å²) in [7, 11) is 0. The van der Waals surface area contributed by atoms with Crippen molar-refractivity contribution in [2.45, 2.75) is 96.1 Å². The minimum Gasteiger partial charge on any atom is -0.350 e. The lowest BCUT2D eigenvalue weighted by molar-refractivity contribution is -0.135. The lowest BCUT2D eigenvalue weighted by atomic mass is 9.48. The van der Waals surface area contributed by atoms with Gasteiger partial charge in [0.25, 0.3) is 0 Å². The predicted octanol–water partition coefficient (Wildman–Crippen LogP) is 4.35. The van der Waals surface area contributed by atoms with Crippen LogP contribution < -0.4 is 10.6 Å². The zero-order valence-electron chi connectivity index (χ0n) is 18.7. The topological polar surface area (TPSA) is 58.2 Å². The zero-order valence-corrected chi connectivity index (χ0v) is 18.7. The van der Waals surface area contributed by atoms with Crippen molar-refractivity contribution in [2.24, 2.45) is 40.4 Å². The van der Waals surface area contributed by atoms with Gasteiger partial charge < -0.3 is 10.6 Å². The first-order valence-corrected chi connectivity index (χ1v) is 12.6. The van der Waals surface area contributed by atoms with E-state index in [1.165, 1.54) is 51.4 Å². The molecule has 2 unspecified atom stereocenters. The molecule has 6 rings (SSSR count). The van der Waals surface area contributed by atoms with Gasteiger partial charge in [0.15, 0.2) is 0 Å². The van der Waals surface area contributed by atoms with Crippen LogP contribution in [0.1, 0.15) is 84.5 Å². The molecule has 1 aliphatic heterocycles. The molecule has 4 heteroatoms. The Morgan fingerprint density at radius 3 is 2.53 bits per heavy atom. The van der Waals surface area contributed by atoms with E-state index in [0.717, 1.165) is 25.2 Å². The highest BCUT2D eigenvalue weighted by molar-refractivity contribution is 5.89. The molecule has 5 aliphatic carbocycles. The Balaban J connectivity index is 1.22. The van der Waals surface area contributed by atoms with Crippen LogP contribution in [0.3, 0.4) is 0 Å². The van der Waals surface area contributed by atoms with Crippen molar-refractivity contribution in [1.82, 2.24) is 10.6 Å². The van der Waals surface area contributed by atoms with E-state index in [9.17, 15) is 9.59 Å². The molecule has 6 aliphatic rings. The van der Waals surface area contributed by atoms with Crippen molar-refractivity contribution in [3.05, 3.63) is 12.2 Å². The van der Waals surface area contributed by atoms with Crippen molar-refractivity contribution in [3.63, 3.8) is 0 Å². The molecule has 0 radical (unpaired) electrons. The van der Waals surface area contributed by atoms with Crippen LogP contribution >= 0.6 is 0 Å². The minimum atomic E-state index is 0.0783. The van der Waals surface area contributed by atoms with Gasteiger partial charge in [-0.1, -0.05) is 19.9 Å². The molecule has 0 spiro atoms. The summed E-state index contributed by atoms with van der Waals surface area (Å²) in [6, 6.07) is 0.290. The number of carbonyl (C=O) groups is 2. The van der Waals surface area contributed by atoms with Gasteiger partial charge in [0.05, 0.1) is 0 Å². The second kappa shape index (κ2) is 6.36. The third-order valence-corrected chi connectivity index (χ3v) is 11.1. The molecule has 0 aromatic carbocycles. The molecule has 2 N–H and O–H groups in total. The van der Waals surface area contributed by atoms with Crippen LogP contribution in [0.15, 0.2) is 12.2 Å².